The Kier molecular flexibility index (Phi) is 8.23. The molecular weight excluding hydrogens is 518 g/mol. The second kappa shape index (κ2) is 12.0. The predicted octanol–water partition coefficient (Wildman–Crippen LogP) is 4.23. The van der Waals surface area contributed by atoms with Crippen LogP contribution in [0.2, 0.25) is 0 Å². The quantitative estimate of drug-likeness (QED) is 0.452. The number of amidine groups is 1. The van der Waals surface area contributed by atoms with Gasteiger partial charge in [-0.15, -0.1) is 0 Å². The molecule has 2 aromatic carbocycles. The maximum absolute atomic E-state index is 13.7. The Hall–Kier alpha value is -3.76. The third-order valence-corrected chi connectivity index (χ3v) is 7.67. The number of nitrogens with zero attached hydrogens (tertiary/aromatic N) is 3. The van der Waals surface area contributed by atoms with Crippen molar-refractivity contribution in [3.8, 4) is 11.5 Å². The number of rotatable bonds is 8. The van der Waals surface area contributed by atoms with E-state index in [1.165, 1.54) is 11.8 Å². The first kappa shape index (κ1) is 26.8. The Bertz CT molecular complexity index is 1330. The van der Waals surface area contributed by atoms with Gasteiger partial charge in [0.2, 0.25) is 5.91 Å². The van der Waals surface area contributed by atoms with E-state index in [1.54, 1.807) is 27.2 Å². The van der Waals surface area contributed by atoms with Gasteiger partial charge in [-0.05, 0) is 24.5 Å². The number of ether oxygens (including phenoxy) is 4. The second-order valence-electron chi connectivity index (χ2n) is 9.02. The number of aliphatic imine (C=N–C) groups is 1. The van der Waals surface area contributed by atoms with E-state index in [2.05, 4.69) is 0 Å². The van der Waals surface area contributed by atoms with Gasteiger partial charge in [-0.25, -0.2) is 9.79 Å². The van der Waals surface area contributed by atoms with Crippen molar-refractivity contribution < 1.29 is 28.5 Å². The number of methoxy groups -OCH3 is 2. The van der Waals surface area contributed by atoms with Crippen molar-refractivity contribution in [2.75, 3.05) is 47.1 Å². The van der Waals surface area contributed by atoms with E-state index in [9.17, 15) is 9.59 Å². The van der Waals surface area contributed by atoms with Crippen LogP contribution in [0.15, 0.2) is 70.2 Å². The molecule has 0 N–H and O–H groups in total. The minimum atomic E-state index is -0.647. The first-order chi connectivity index (χ1) is 19.0. The number of carbonyl (C=O) groups is 2. The molecule has 5 rings (SSSR count). The highest BCUT2D eigenvalue weighted by Gasteiger charge is 2.43. The minimum absolute atomic E-state index is 0.00219. The summed E-state index contributed by atoms with van der Waals surface area (Å²) in [6, 6.07) is 14.4. The third kappa shape index (κ3) is 5.39. The van der Waals surface area contributed by atoms with Gasteiger partial charge in [-0.2, -0.15) is 0 Å². The first-order valence-electron chi connectivity index (χ1n) is 12.8. The fourth-order valence-electron chi connectivity index (χ4n) is 4.91. The van der Waals surface area contributed by atoms with Crippen LogP contribution in [0.5, 0.6) is 11.5 Å². The Balaban J connectivity index is 1.65. The van der Waals surface area contributed by atoms with Gasteiger partial charge in [0, 0.05) is 36.0 Å². The molecule has 1 amide bonds. The van der Waals surface area contributed by atoms with E-state index in [0.717, 1.165) is 16.8 Å². The van der Waals surface area contributed by atoms with Gasteiger partial charge in [0.1, 0.15) is 11.5 Å². The van der Waals surface area contributed by atoms with Crippen LogP contribution in [0, 0.1) is 0 Å². The Labute approximate surface area is 232 Å². The standard InChI is InChI=1S/C29H31N3O6S/c1-4-38-28(34)25-26(19-8-6-5-7-9-19)30-29-32(27(25)22-11-10-21(35-2)17-23(22)36-3)20(18-39-29)16-24(33)31-12-14-37-15-13-31/h5-11,17-18,27H,4,12-16H2,1-3H3/t27-/m0/s1. The number of hydrogen-bond acceptors (Lipinski definition) is 9. The fourth-order valence-corrected chi connectivity index (χ4v) is 5.83. The Morgan fingerprint density at radius 3 is 2.54 bits per heavy atom. The van der Waals surface area contributed by atoms with E-state index >= 15 is 0 Å². The molecule has 204 valence electrons. The lowest BCUT2D eigenvalue weighted by Crippen LogP contribution is -2.42. The number of esters is 1. The number of amides is 1. The normalized spacial score (nSPS) is 18.8. The first-order valence-corrected chi connectivity index (χ1v) is 13.7. The molecule has 0 unspecified atom stereocenters. The largest absolute Gasteiger partial charge is 0.497 e. The summed E-state index contributed by atoms with van der Waals surface area (Å²) in [7, 11) is 3.17. The summed E-state index contributed by atoms with van der Waals surface area (Å²) < 4.78 is 22.2. The van der Waals surface area contributed by atoms with Crippen LogP contribution in [-0.2, 0) is 19.1 Å². The monoisotopic (exact) mass is 549 g/mol. The molecule has 0 aromatic heterocycles. The van der Waals surface area contributed by atoms with Crippen LogP contribution in [0.1, 0.15) is 30.5 Å². The van der Waals surface area contributed by atoms with Crippen LogP contribution >= 0.6 is 11.8 Å². The molecule has 3 heterocycles. The molecule has 10 heteroatoms. The zero-order valence-electron chi connectivity index (χ0n) is 22.2. The highest BCUT2D eigenvalue weighted by atomic mass is 32.2. The molecular formula is C29H31N3O6S. The van der Waals surface area contributed by atoms with Gasteiger partial charge >= 0.3 is 5.97 Å². The number of benzene rings is 2. The molecule has 3 aliphatic rings. The number of fused-ring (bicyclic) bond motifs is 1. The highest BCUT2D eigenvalue weighted by Crippen LogP contribution is 2.49. The summed E-state index contributed by atoms with van der Waals surface area (Å²) in [5.74, 6) is 0.699. The number of morpholine rings is 1. The van der Waals surface area contributed by atoms with E-state index in [4.69, 9.17) is 23.9 Å². The van der Waals surface area contributed by atoms with Crippen molar-refractivity contribution in [1.82, 2.24) is 9.80 Å². The lowest BCUT2D eigenvalue weighted by atomic mass is 9.90. The second-order valence-corrected chi connectivity index (χ2v) is 9.86. The van der Waals surface area contributed by atoms with Gasteiger partial charge in [0.25, 0.3) is 0 Å². The molecule has 0 aliphatic carbocycles. The van der Waals surface area contributed by atoms with Crippen molar-refractivity contribution in [3.05, 3.63) is 76.3 Å². The summed E-state index contributed by atoms with van der Waals surface area (Å²) >= 11 is 1.43. The van der Waals surface area contributed by atoms with Gasteiger partial charge in [-0.1, -0.05) is 42.1 Å². The van der Waals surface area contributed by atoms with Crippen LogP contribution < -0.4 is 9.47 Å². The molecule has 2 aromatic rings. The van der Waals surface area contributed by atoms with E-state index in [1.807, 2.05) is 57.7 Å². The average molecular weight is 550 g/mol. The molecule has 0 bridgehead atoms. The molecule has 39 heavy (non-hydrogen) atoms. The van der Waals surface area contributed by atoms with E-state index in [0.29, 0.717) is 54.2 Å². The lowest BCUT2D eigenvalue weighted by Gasteiger charge is -2.37. The predicted molar refractivity (Wildman–Crippen MR) is 149 cm³/mol. The Morgan fingerprint density at radius 1 is 1.08 bits per heavy atom. The minimum Gasteiger partial charge on any atom is -0.497 e. The third-order valence-electron chi connectivity index (χ3n) is 6.78. The zero-order valence-corrected chi connectivity index (χ0v) is 23.0. The van der Waals surface area contributed by atoms with Crippen molar-refractivity contribution in [1.29, 1.82) is 0 Å². The molecule has 1 fully saturated rings. The van der Waals surface area contributed by atoms with E-state index < -0.39 is 12.0 Å². The number of thioether (sulfide) groups is 1. The molecule has 0 radical (unpaired) electrons. The number of carbonyl (C=O) groups excluding carboxylic acids is 2. The van der Waals surface area contributed by atoms with Crippen LogP contribution in [0.4, 0.5) is 0 Å². The van der Waals surface area contributed by atoms with Crippen molar-refractivity contribution in [2.24, 2.45) is 4.99 Å². The zero-order chi connectivity index (χ0) is 27.4. The molecule has 3 aliphatic heterocycles. The van der Waals surface area contributed by atoms with Crippen molar-refractivity contribution >= 4 is 34.5 Å². The maximum Gasteiger partial charge on any atom is 0.338 e. The van der Waals surface area contributed by atoms with Gasteiger partial charge in [0.05, 0.1) is 57.8 Å². The molecule has 1 atom stereocenters. The highest BCUT2D eigenvalue weighted by molar-refractivity contribution is 8.16. The average Bonchev–Trinajstić information content (AvgIpc) is 3.39. The molecule has 0 saturated carbocycles. The smallest absolute Gasteiger partial charge is 0.338 e. The van der Waals surface area contributed by atoms with Crippen LogP contribution in [0.25, 0.3) is 5.70 Å². The topological polar surface area (TPSA) is 89.9 Å². The molecule has 1 saturated heterocycles. The summed E-state index contributed by atoms with van der Waals surface area (Å²) in [6.45, 7) is 4.15. The van der Waals surface area contributed by atoms with Crippen LogP contribution in [0.3, 0.4) is 0 Å². The molecule has 9 nitrogen and oxygen atoms in total. The van der Waals surface area contributed by atoms with E-state index in [-0.39, 0.29) is 18.9 Å². The summed E-state index contributed by atoms with van der Waals surface area (Å²) in [6.07, 6.45) is 0.164. The molecule has 0 spiro atoms. The van der Waals surface area contributed by atoms with Gasteiger partial charge < -0.3 is 28.7 Å². The summed E-state index contributed by atoms with van der Waals surface area (Å²) in [4.78, 5) is 35.7. The SMILES string of the molecule is CCOC(=O)C1=C(c2ccccc2)N=C2SC=C(CC(=O)N3CCOCC3)N2[C@H]1c1ccc(OC)cc1OC. The van der Waals surface area contributed by atoms with Crippen LogP contribution in [-0.4, -0.2) is 74.0 Å². The lowest BCUT2D eigenvalue weighted by molar-refractivity contribution is -0.139. The summed E-state index contributed by atoms with van der Waals surface area (Å²) in [5.41, 5.74) is 3.19. The maximum atomic E-state index is 13.7. The fraction of sp³-hybridized carbons (Fsp3) is 0.345. The van der Waals surface area contributed by atoms with Gasteiger partial charge in [-0.3, -0.25) is 4.79 Å². The van der Waals surface area contributed by atoms with Gasteiger partial charge in [0.15, 0.2) is 5.17 Å². The van der Waals surface area contributed by atoms with Crippen molar-refractivity contribution in [3.63, 3.8) is 0 Å². The number of hydrogen-bond donors (Lipinski definition) is 0. The van der Waals surface area contributed by atoms with Crippen molar-refractivity contribution in [2.45, 2.75) is 19.4 Å². The summed E-state index contributed by atoms with van der Waals surface area (Å²) in [5, 5.41) is 2.62. The Morgan fingerprint density at radius 2 is 1.85 bits per heavy atom.